The minimum atomic E-state index is -0.625. The summed E-state index contributed by atoms with van der Waals surface area (Å²) in [4.78, 5) is 33.2. The third kappa shape index (κ3) is 5.76. The first kappa shape index (κ1) is 26.3. The lowest BCUT2D eigenvalue weighted by Crippen LogP contribution is -2.50. The molecule has 0 radical (unpaired) electrons. The molecule has 0 bridgehead atoms. The van der Waals surface area contributed by atoms with E-state index in [9.17, 15) is 14.0 Å². The molecule has 1 fully saturated rings. The van der Waals surface area contributed by atoms with E-state index in [0.717, 1.165) is 23.3 Å². The van der Waals surface area contributed by atoms with Crippen molar-refractivity contribution >= 4 is 29.0 Å². The average molecular weight is 547 g/mol. The van der Waals surface area contributed by atoms with E-state index in [4.69, 9.17) is 10.00 Å². The van der Waals surface area contributed by atoms with Crippen LogP contribution in [0.3, 0.4) is 0 Å². The topological polar surface area (TPSA) is 113 Å². The highest BCUT2D eigenvalue weighted by molar-refractivity contribution is 7.18. The number of hydrogen-bond acceptors (Lipinski definition) is 7. The summed E-state index contributed by atoms with van der Waals surface area (Å²) in [6, 6.07) is 11.5. The summed E-state index contributed by atoms with van der Waals surface area (Å²) in [5.41, 5.74) is 2.02. The van der Waals surface area contributed by atoms with E-state index < -0.39 is 17.5 Å². The van der Waals surface area contributed by atoms with Gasteiger partial charge < -0.3 is 15.0 Å². The fourth-order valence-electron chi connectivity index (χ4n) is 4.56. The molecule has 1 aliphatic heterocycles. The van der Waals surface area contributed by atoms with Crippen molar-refractivity contribution in [1.29, 1.82) is 5.26 Å². The molecule has 1 atom stereocenters. The number of likely N-dealkylation sites (tertiary alicyclic amines) is 1. The molecule has 200 valence electrons. The van der Waals surface area contributed by atoms with Crippen LogP contribution in [-0.2, 0) is 4.74 Å². The Hall–Kier alpha value is -4.30. The lowest BCUT2D eigenvalue weighted by molar-refractivity contribution is 0.0453. The summed E-state index contributed by atoms with van der Waals surface area (Å²) in [5.74, 6) is -0.791. The number of hydrogen-bond donors (Lipinski definition) is 1. The molecule has 9 nitrogen and oxygen atoms in total. The number of nitrogens with one attached hydrogen (secondary N) is 1. The van der Waals surface area contributed by atoms with Gasteiger partial charge >= 0.3 is 6.09 Å². The van der Waals surface area contributed by atoms with Gasteiger partial charge in [-0.05, 0) is 75.1 Å². The number of ether oxygens (including phenoxy) is 1. The number of amides is 2. The van der Waals surface area contributed by atoms with Crippen LogP contribution in [0, 0.1) is 17.1 Å². The quantitative estimate of drug-likeness (QED) is 0.373. The maximum Gasteiger partial charge on any atom is 0.407 e. The number of aromatic nitrogens is 3. The third-order valence-electron chi connectivity index (χ3n) is 6.32. The van der Waals surface area contributed by atoms with Gasteiger partial charge in [-0.15, -0.1) is 11.3 Å². The van der Waals surface area contributed by atoms with Gasteiger partial charge in [-0.2, -0.15) is 10.4 Å². The molecule has 2 amide bonds. The molecule has 5 rings (SSSR count). The standard InChI is InChI=1S/C28H27FN6O3S/c1-28(2,3)38-27(37)33-20-5-4-9-34(15-20)26(36)23-13-21(17-6-7-19(14-30)22(29)11-17)25(39-23)18-8-10-35-24(12-18)31-16-32-35/h6-8,10-13,16,20H,4-5,9,15H2,1-3H3,(H,33,37)/t20-/m1/s1. The number of pyridine rings is 1. The van der Waals surface area contributed by atoms with Crippen LogP contribution in [-0.4, -0.2) is 56.2 Å². The van der Waals surface area contributed by atoms with Crippen molar-refractivity contribution in [2.24, 2.45) is 0 Å². The Morgan fingerprint density at radius 3 is 2.77 bits per heavy atom. The van der Waals surface area contributed by atoms with Crippen molar-refractivity contribution in [3.63, 3.8) is 0 Å². The molecule has 0 spiro atoms. The number of piperidine rings is 1. The van der Waals surface area contributed by atoms with Crippen LogP contribution >= 0.6 is 11.3 Å². The van der Waals surface area contributed by atoms with Crippen LogP contribution in [0.2, 0.25) is 0 Å². The summed E-state index contributed by atoms with van der Waals surface area (Å²) in [6.07, 6.45) is 4.21. The minimum Gasteiger partial charge on any atom is -0.444 e. The number of rotatable bonds is 4. The van der Waals surface area contributed by atoms with Crippen LogP contribution in [0.15, 0.2) is 48.9 Å². The molecule has 1 saturated heterocycles. The van der Waals surface area contributed by atoms with Crippen molar-refractivity contribution in [2.75, 3.05) is 13.1 Å². The van der Waals surface area contributed by atoms with Crippen LogP contribution in [0.4, 0.5) is 9.18 Å². The first-order valence-electron chi connectivity index (χ1n) is 12.5. The smallest absolute Gasteiger partial charge is 0.407 e. The number of alkyl carbamates (subject to hydrolysis) is 1. The zero-order valence-electron chi connectivity index (χ0n) is 21.8. The highest BCUT2D eigenvalue weighted by atomic mass is 32.1. The third-order valence-corrected chi connectivity index (χ3v) is 7.49. The molecule has 0 aliphatic carbocycles. The summed E-state index contributed by atoms with van der Waals surface area (Å²) < 4.78 is 21.6. The maximum absolute atomic E-state index is 14.6. The molecule has 39 heavy (non-hydrogen) atoms. The zero-order chi connectivity index (χ0) is 27.7. The minimum absolute atomic E-state index is 0.0476. The summed E-state index contributed by atoms with van der Waals surface area (Å²) in [7, 11) is 0. The second kappa shape index (κ2) is 10.5. The molecule has 1 aromatic carbocycles. The Bertz CT molecular complexity index is 1600. The number of fused-ring (bicyclic) bond motifs is 1. The number of thiophene rings is 1. The highest BCUT2D eigenvalue weighted by Gasteiger charge is 2.29. The average Bonchev–Trinajstić information content (AvgIpc) is 3.54. The fourth-order valence-corrected chi connectivity index (χ4v) is 5.71. The van der Waals surface area contributed by atoms with Crippen LogP contribution < -0.4 is 5.32 Å². The van der Waals surface area contributed by atoms with E-state index in [-0.39, 0.29) is 17.5 Å². The van der Waals surface area contributed by atoms with Gasteiger partial charge in [-0.3, -0.25) is 4.79 Å². The molecule has 4 aromatic rings. The number of nitriles is 1. The normalized spacial score (nSPS) is 15.7. The number of halogens is 1. The Balaban J connectivity index is 1.46. The van der Waals surface area contributed by atoms with E-state index in [2.05, 4.69) is 15.4 Å². The van der Waals surface area contributed by atoms with E-state index in [1.807, 2.05) is 18.2 Å². The summed E-state index contributed by atoms with van der Waals surface area (Å²) in [6.45, 7) is 6.32. The van der Waals surface area contributed by atoms with Gasteiger partial charge in [-0.25, -0.2) is 18.7 Å². The Labute approximate surface area is 228 Å². The second-order valence-electron chi connectivity index (χ2n) is 10.4. The zero-order valence-corrected chi connectivity index (χ0v) is 22.6. The molecule has 11 heteroatoms. The van der Waals surface area contributed by atoms with Gasteiger partial charge in [0, 0.05) is 35.8 Å². The Kier molecular flexibility index (Phi) is 7.06. The van der Waals surface area contributed by atoms with Crippen LogP contribution in [0.5, 0.6) is 0 Å². The van der Waals surface area contributed by atoms with Gasteiger partial charge in [0.2, 0.25) is 0 Å². The van der Waals surface area contributed by atoms with Crippen molar-refractivity contribution in [3.05, 3.63) is 65.2 Å². The monoisotopic (exact) mass is 546 g/mol. The molecule has 1 aliphatic rings. The molecular formula is C28H27FN6O3S. The maximum atomic E-state index is 14.6. The van der Waals surface area contributed by atoms with Gasteiger partial charge in [0.05, 0.1) is 10.4 Å². The predicted octanol–water partition coefficient (Wildman–Crippen LogP) is 5.26. The highest BCUT2D eigenvalue weighted by Crippen LogP contribution is 2.40. The van der Waals surface area contributed by atoms with Crippen molar-refractivity contribution in [2.45, 2.75) is 45.3 Å². The van der Waals surface area contributed by atoms with Gasteiger partial charge in [0.15, 0.2) is 5.65 Å². The van der Waals surface area contributed by atoms with E-state index in [0.29, 0.717) is 34.7 Å². The molecule has 3 aromatic heterocycles. The van der Waals surface area contributed by atoms with Crippen molar-refractivity contribution in [3.8, 4) is 27.6 Å². The number of carbonyl (C=O) groups excluding carboxylic acids is 2. The van der Waals surface area contributed by atoms with Crippen LogP contribution in [0.25, 0.3) is 27.2 Å². The number of benzene rings is 1. The lowest BCUT2D eigenvalue weighted by atomic mass is 10.0. The Morgan fingerprint density at radius 1 is 1.21 bits per heavy atom. The SMILES string of the molecule is CC(C)(C)OC(=O)N[C@@H]1CCCN(C(=O)c2cc(-c3ccc(C#N)c(F)c3)c(-c3ccn4ncnc4c3)s2)C1. The van der Waals surface area contributed by atoms with Crippen LogP contribution in [0.1, 0.15) is 48.8 Å². The molecule has 1 N–H and O–H groups in total. The van der Waals surface area contributed by atoms with Gasteiger partial charge in [-0.1, -0.05) is 6.07 Å². The largest absolute Gasteiger partial charge is 0.444 e. The molecular weight excluding hydrogens is 519 g/mol. The number of nitrogens with zero attached hydrogens (tertiary/aromatic N) is 5. The Morgan fingerprint density at radius 2 is 2.03 bits per heavy atom. The first-order valence-corrected chi connectivity index (χ1v) is 13.4. The van der Waals surface area contributed by atoms with E-state index >= 15 is 0 Å². The van der Waals surface area contributed by atoms with E-state index in [1.165, 1.54) is 29.8 Å². The van der Waals surface area contributed by atoms with Crippen molar-refractivity contribution < 1.29 is 18.7 Å². The van der Waals surface area contributed by atoms with E-state index in [1.54, 1.807) is 48.5 Å². The van der Waals surface area contributed by atoms with Crippen molar-refractivity contribution in [1.82, 2.24) is 24.8 Å². The second-order valence-corrected chi connectivity index (χ2v) is 11.4. The number of carbonyl (C=O) groups is 2. The summed E-state index contributed by atoms with van der Waals surface area (Å²) in [5, 5.41) is 16.2. The molecule has 0 saturated carbocycles. The van der Waals surface area contributed by atoms with Gasteiger partial charge in [0.1, 0.15) is 23.8 Å². The predicted molar refractivity (Wildman–Crippen MR) is 145 cm³/mol. The lowest BCUT2D eigenvalue weighted by Gasteiger charge is -2.33. The molecule has 0 unspecified atom stereocenters. The molecule has 4 heterocycles. The van der Waals surface area contributed by atoms with Gasteiger partial charge in [0.25, 0.3) is 5.91 Å². The first-order chi connectivity index (χ1) is 18.6. The fraction of sp³-hybridized carbons (Fsp3) is 0.321. The summed E-state index contributed by atoms with van der Waals surface area (Å²) >= 11 is 1.31.